The number of aromatic nitrogens is 2. The Morgan fingerprint density at radius 2 is 2.16 bits per heavy atom. The van der Waals surface area contributed by atoms with Gasteiger partial charge in [0.2, 0.25) is 11.8 Å². The molecule has 0 aliphatic heterocycles. The van der Waals surface area contributed by atoms with Crippen LogP contribution >= 0.6 is 11.8 Å². The van der Waals surface area contributed by atoms with Crippen LogP contribution < -0.4 is 5.32 Å². The first-order valence-corrected chi connectivity index (χ1v) is 6.98. The molecule has 2 aromatic rings. The molecule has 0 saturated heterocycles. The van der Waals surface area contributed by atoms with Gasteiger partial charge in [-0.2, -0.15) is 0 Å². The van der Waals surface area contributed by atoms with E-state index in [1.54, 1.807) is 0 Å². The molecule has 2 rings (SSSR count). The Bertz CT molecular complexity index is 569. The zero-order valence-electron chi connectivity index (χ0n) is 10.8. The maximum absolute atomic E-state index is 11.3. The van der Waals surface area contributed by atoms with E-state index in [2.05, 4.69) is 15.5 Å². The van der Waals surface area contributed by atoms with Crippen LogP contribution in [0.25, 0.3) is 11.5 Å². The zero-order valence-corrected chi connectivity index (χ0v) is 11.7. The molecule has 1 aromatic carbocycles. The average Bonchev–Trinajstić information content (AvgIpc) is 2.86. The fraction of sp³-hybridized carbons (Fsp3) is 0.308. The number of carbonyl (C=O) groups is 1. The zero-order chi connectivity index (χ0) is 13.7. The summed E-state index contributed by atoms with van der Waals surface area (Å²) in [6.07, 6.45) is 0. The van der Waals surface area contributed by atoms with E-state index < -0.39 is 0 Å². The van der Waals surface area contributed by atoms with Gasteiger partial charge in [0.15, 0.2) is 0 Å². The summed E-state index contributed by atoms with van der Waals surface area (Å²) in [6.45, 7) is 4.49. The fourth-order valence-corrected chi connectivity index (χ4v) is 2.16. The van der Waals surface area contributed by atoms with E-state index >= 15 is 0 Å². The van der Waals surface area contributed by atoms with E-state index in [0.29, 0.717) is 17.7 Å². The van der Waals surface area contributed by atoms with Gasteiger partial charge in [-0.3, -0.25) is 4.79 Å². The lowest BCUT2D eigenvalue weighted by atomic mass is 10.1. The molecule has 0 saturated carbocycles. The Morgan fingerprint density at radius 1 is 1.37 bits per heavy atom. The number of nitrogens with one attached hydrogen (secondary N) is 1. The molecule has 1 aromatic heterocycles. The van der Waals surface area contributed by atoms with Crippen molar-refractivity contribution < 1.29 is 9.21 Å². The van der Waals surface area contributed by atoms with E-state index in [0.717, 1.165) is 11.1 Å². The molecule has 0 bridgehead atoms. The molecule has 0 atom stereocenters. The first-order chi connectivity index (χ1) is 9.20. The van der Waals surface area contributed by atoms with Crippen LogP contribution in [0.3, 0.4) is 0 Å². The molecule has 0 spiro atoms. The second-order valence-corrected chi connectivity index (χ2v) is 4.86. The highest BCUT2D eigenvalue weighted by molar-refractivity contribution is 7.99. The van der Waals surface area contributed by atoms with E-state index in [9.17, 15) is 4.79 Å². The summed E-state index contributed by atoms with van der Waals surface area (Å²) in [7, 11) is 0. The lowest BCUT2D eigenvalue weighted by molar-refractivity contribution is -0.118. The molecular formula is C13H15N3O2S. The number of carbonyl (C=O) groups excluding carboxylic acids is 1. The minimum absolute atomic E-state index is 0.0388. The number of hydrogen-bond donors (Lipinski definition) is 1. The maximum atomic E-state index is 11.3. The fourth-order valence-electron chi connectivity index (χ4n) is 1.57. The van der Waals surface area contributed by atoms with E-state index in [-0.39, 0.29) is 11.7 Å². The van der Waals surface area contributed by atoms with Gasteiger partial charge in [-0.15, -0.1) is 10.2 Å². The second kappa shape index (κ2) is 6.38. The van der Waals surface area contributed by atoms with Crippen LogP contribution in [0.1, 0.15) is 12.5 Å². The first kappa shape index (κ1) is 13.6. The lowest BCUT2D eigenvalue weighted by Gasteiger charge is -1.99. The number of aryl methyl sites for hydroxylation is 1. The van der Waals surface area contributed by atoms with Crippen molar-refractivity contribution >= 4 is 17.7 Å². The predicted octanol–water partition coefficient (Wildman–Crippen LogP) is 2.27. The quantitative estimate of drug-likeness (QED) is 0.849. The van der Waals surface area contributed by atoms with Gasteiger partial charge in [0, 0.05) is 12.1 Å². The monoisotopic (exact) mass is 277 g/mol. The summed E-state index contributed by atoms with van der Waals surface area (Å²) in [5.74, 6) is 0.725. The van der Waals surface area contributed by atoms with Crippen LogP contribution in [-0.4, -0.2) is 28.4 Å². The Kier molecular flexibility index (Phi) is 4.57. The van der Waals surface area contributed by atoms with Gasteiger partial charge < -0.3 is 9.73 Å². The molecule has 0 radical (unpaired) electrons. The van der Waals surface area contributed by atoms with Crippen LogP contribution in [0.2, 0.25) is 0 Å². The number of rotatable bonds is 5. The molecule has 1 heterocycles. The standard InChI is InChI=1S/C13H15N3O2S/c1-3-14-11(17)8-19-13-16-15-12(18-13)10-7-5-4-6-9(10)2/h4-7H,3,8H2,1-2H3,(H,14,17). The van der Waals surface area contributed by atoms with Crippen molar-refractivity contribution in [1.29, 1.82) is 0 Å². The van der Waals surface area contributed by atoms with Crippen LogP contribution in [0, 0.1) is 6.92 Å². The summed E-state index contributed by atoms with van der Waals surface area (Å²) in [6, 6.07) is 7.80. The molecule has 19 heavy (non-hydrogen) atoms. The molecule has 0 fully saturated rings. The van der Waals surface area contributed by atoms with Crippen molar-refractivity contribution in [3.05, 3.63) is 29.8 Å². The molecule has 6 heteroatoms. The Balaban J connectivity index is 2.04. The van der Waals surface area contributed by atoms with Gasteiger partial charge >= 0.3 is 0 Å². The Morgan fingerprint density at radius 3 is 2.89 bits per heavy atom. The molecule has 100 valence electrons. The van der Waals surface area contributed by atoms with E-state index in [1.807, 2.05) is 38.1 Å². The minimum Gasteiger partial charge on any atom is -0.411 e. The van der Waals surface area contributed by atoms with Crippen molar-refractivity contribution in [2.45, 2.75) is 19.1 Å². The van der Waals surface area contributed by atoms with Crippen molar-refractivity contribution in [2.75, 3.05) is 12.3 Å². The SMILES string of the molecule is CCNC(=O)CSc1nnc(-c2ccccc2C)o1. The van der Waals surface area contributed by atoms with Crippen molar-refractivity contribution in [2.24, 2.45) is 0 Å². The van der Waals surface area contributed by atoms with Gasteiger partial charge in [-0.05, 0) is 25.5 Å². The Labute approximate surface area is 115 Å². The van der Waals surface area contributed by atoms with E-state index in [4.69, 9.17) is 4.42 Å². The molecule has 0 aliphatic carbocycles. The predicted molar refractivity (Wildman–Crippen MR) is 73.9 cm³/mol. The van der Waals surface area contributed by atoms with Crippen LogP contribution in [-0.2, 0) is 4.79 Å². The topological polar surface area (TPSA) is 68.0 Å². The second-order valence-electron chi connectivity index (χ2n) is 3.93. The number of thioether (sulfide) groups is 1. The largest absolute Gasteiger partial charge is 0.411 e. The van der Waals surface area contributed by atoms with Crippen LogP contribution in [0.5, 0.6) is 0 Å². The maximum Gasteiger partial charge on any atom is 0.277 e. The van der Waals surface area contributed by atoms with Crippen LogP contribution in [0.15, 0.2) is 33.9 Å². The molecule has 0 aliphatic rings. The number of nitrogens with zero attached hydrogens (tertiary/aromatic N) is 2. The highest BCUT2D eigenvalue weighted by Gasteiger charge is 2.12. The molecule has 1 N–H and O–H groups in total. The molecular weight excluding hydrogens is 262 g/mol. The van der Waals surface area contributed by atoms with Gasteiger partial charge in [0.05, 0.1) is 5.75 Å². The molecule has 1 amide bonds. The lowest BCUT2D eigenvalue weighted by Crippen LogP contribution is -2.24. The van der Waals surface area contributed by atoms with Crippen molar-refractivity contribution in [3.63, 3.8) is 0 Å². The number of hydrogen-bond acceptors (Lipinski definition) is 5. The summed E-state index contributed by atoms with van der Waals surface area (Å²) in [5, 5.41) is 11.1. The first-order valence-electron chi connectivity index (χ1n) is 5.99. The molecule has 0 unspecified atom stereocenters. The van der Waals surface area contributed by atoms with Crippen molar-refractivity contribution in [3.8, 4) is 11.5 Å². The summed E-state index contributed by atoms with van der Waals surface area (Å²) in [5.41, 5.74) is 1.99. The third-order valence-electron chi connectivity index (χ3n) is 2.48. The van der Waals surface area contributed by atoms with Gasteiger partial charge in [0.1, 0.15) is 0 Å². The summed E-state index contributed by atoms with van der Waals surface area (Å²) in [4.78, 5) is 11.3. The highest BCUT2D eigenvalue weighted by atomic mass is 32.2. The third-order valence-corrected chi connectivity index (χ3v) is 3.30. The summed E-state index contributed by atoms with van der Waals surface area (Å²) < 4.78 is 5.54. The highest BCUT2D eigenvalue weighted by Crippen LogP contribution is 2.25. The average molecular weight is 277 g/mol. The number of benzene rings is 1. The Hall–Kier alpha value is -1.82. The summed E-state index contributed by atoms with van der Waals surface area (Å²) >= 11 is 1.24. The van der Waals surface area contributed by atoms with Gasteiger partial charge in [-0.25, -0.2) is 0 Å². The van der Waals surface area contributed by atoms with Gasteiger partial charge in [-0.1, -0.05) is 30.0 Å². The van der Waals surface area contributed by atoms with Crippen LogP contribution in [0.4, 0.5) is 0 Å². The molecule has 5 nitrogen and oxygen atoms in total. The minimum atomic E-state index is -0.0388. The van der Waals surface area contributed by atoms with Gasteiger partial charge in [0.25, 0.3) is 5.22 Å². The van der Waals surface area contributed by atoms with E-state index in [1.165, 1.54) is 11.8 Å². The number of amides is 1. The smallest absolute Gasteiger partial charge is 0.277 e. The normalized spacial score (nSPS) is 10.4. The van der Waals surface area contributed by atoms with Crippen molar-refractivity contribution in [1.82, 2.24) is 15.5 Å². The third kappa shape index (κ3) is 3.57.